The molecule has 0 aliphatic heterocycles. The minimum Gasteiger partial charge on any atom is -0.456 e. The molecule has 0 spiro atoms. The largest absolute Gasteiger partial charge is 0.456 e. The van der Waals surface area contributed by atoms with Crippen molar-refractivity contribution in [3.05, 3.63) is 29.8 Å². The fraction of sp³-hybridized carbons (Fsp3) is 0.333. The van der Waals surface area contributed by atoms with Crippen LogP contribution in [0.2, 0.25) is 0 Å². The van der Waals surface area contributed by atoms with Crippen LogP contribution in [0.25, 0.3) is 0 Å². The number of nitrogens with one attached hydrogen (secondary N) is 1. The Bertz CT molecular complexity index is 382. The SMILES string of the molecule is Cc1ccc(NC(=O)C(=O)OC(C)C)cc1. The molecule has 0 bridgehead atoms. The summed E-state index contributed by atoms with van der Waals surface area (Å²) in [6.45, 7) is 5.33. The highest BCUT2D eigenvalue weighted by molar-refractivity contribution is 6.37. The Kier molecular flexibility index (Phi) is 4.05. The number of amides is 1. The standard InChI is InChI=1S/C12H15NO3/c1-8(2)16-12(15)11(14)13-10-6-4-9(3)5-7-10/h4-8H,1-3H3,(H,13,14). The number of benzene rings is 1. The summed E-state index contributed by atoms with van der Waals surface area (Å²) in [5.41, 5.74) is 1.67. The summed E-state index contributed by atoms with van der Waals surface area (Å²) in [5.74, 6) is -1.62. The van der Waals surface area contributed by atoms with Crippen LogP contribution in [-0.4, -0.2) is 18.0 Å². The van der Waals surface area contributed by atoms with E-state index in [1.807, 2.05) is 19.1 Å². The van der Waals surface area contributed by atoms with Crippen molar-refractivity contribution in [1.82, 2.24) is 0 Å². The fourth-order valence-corrected chi connectivity index (χ4v) is 1.09. The first-order chi connectivity index (χ1) is 7.49. The van der Waals surface area contributed by atoms with Gasteiger partial charge in [-0.05, 0) is 32.9 Å². The Hall–Kier alpha value is -1.84. The molecule has 0 aromatic heterocycles. The maximum Gasteiger partial charge on any atom is 0.397 e. The average molecular weight is 221 g/mol. The highest BCUT2D eigenvalue weighted by atomic mass is 16.5. The molecule has 1 aromatic carbocycles. The number of esters is 1. The predicted octanol–water partition coefficient (Wildman–Crippen LogP) is 1.89. The van der Waals surface area contributed by atoms with Crippen LogP contribution in [0.4, 0.5) is 5.69 Å². The lowest BCUT2D eigenvalue weighted by molar-refractivity contribution is -0.155. The maximum absolute atomic E-state index is 11.3. The molecule has 1 N–H and O–H groups in total. The minimum atomic E-state index is -0.865. The number of anilines is 1. The number of hydrogen-bond acceptors (Lipinski definition) is 3. The van der Waals surface area contributed by atoms with E-state index in [0.717, 1.165) is 5.56 Å². The van der Waals surface area contributed by atoms with Crippen molar-refractivity contribution < 1.29 is 14.3 Å². The van der Waals surface area contributed by atoms with Gasteiger partial charge in [0, 0.05) is 5.69 Å². The highest BCUT2D eigenvalue weighted by Gasteiger charge is 2.16. The molecule has 0 radical (unpaired) electrons. The van der Waals surface area contributed by atoms with Crippen molar-refractivity contribution in [2.45, 2.75) is 26.9 Å². The number of rotatable bonds is 2. The molecule has 4 heteroatoms. The van der Waals surface area contributed by atoms with Crippen LogP contribution in [0.1, 0.15) is 19.4 Å². The second-order valence-corrected chi connectivity index (χ2v) is 3.77. The van der Waals surface area contributed by atoms with E-state index in [2.05, 4.69) is 5.32 Å². The van der Waals surface area contributed by atoms with Crippen molar-refractivity contribution in [1.29, 1.82) is 0 Å². The van der Waals surface area contributed by atoms with E-state index >= 15 is 0 Å². The van der Waals surface area contributed by atoms with Gasteiger partial charge in [-0.25, -0.2) is 4.79 Å². The fourth-order valence-electron chi connectivity index (χ4n) is 1.09. The highest BCUT2D eigenvalue weighted by Crippen LogP contribution is 2.08. The Morgan fingerprint density at radius 3 is 2.25 bits per heavy atom. The summed E-state index contributed by atoms with van der Waals surface area (Å²) in [4.78, 5) is 22.5. The lowest BCUT2D eigenvalue weighted by atomic mass is 10.2. The molecule has 4 nitrogen and oxygen atoms in total. The number of aryl methyl sites for hydroxylation is 1. The van der Waals surface area contributed by atoms with Gasteiger partial charge in [-0.15, -0.1) is 0 Å². The van der Waals surface area contributed by atoms with Gasteiger partial charge in [0.05, 0.1) is 6.10 Å². The topological polar surface area (TPSA) is 55.4 Å². The van der Waals surface area contributed by atoms with E-state index in [0.29, 0.717) is 5.69 Å². The smallest absolute Gasteiger partial charge is 0.397 e. The van der Waals surface area contributed by atoms with Crippen LogP contribution >= 0.6 is 0 Å². The van der Waals surface area contributed by atoms with Gasteiger partial charge in [0.2, 0.25) is 0 Å². The number of carbonyl (C=O) groups is 2. The third kappa shape index (κ3) is 3.73. The molecule has 0 heterocycles. The third-order valence-electron chi connectivity index (χ3n) is 1.84. The van der Waals surface area contributed by atoms with E-state index in [-0.39, 0.29) is 6.10 Å². The molecule has 1 rings (SSSR count). The zero-order valence-electron chi connectivity index (χ0n) is 9.61. The van der Waals surface area contributed by atoms with Crippen LogP contribution in [0.15, 0.2) is 24.3 Å². The zero-order chi connectivity index (χ0) is 12.1. The molecule has 16 heavy (non-hydrogen) atoms. The normalized spacial score (nSPS) is 10.0. The van der Waals surface area contributed by atoms with Crippen molar-refractivity contribution in [2.24, 2.45) is 0 Å². The van der Waals surface area contributed by atoms with Crippen molar-refractivity contribution in [3.63, 3.8) is 0 Å². The van der Waals surface area contributed by atoms with Gasteiger partial charge in [0.1, 0.15) is 0 Å². The van der Waals surface area contributed by atoms with Gasteiger partial charge in [0.15, 0.2) is 0 Å². The summed E-state index contributed by atoms with van der Waals surface area (Å²) in [5, 5.41) is 2.46. The summed E-state index contributed by atoms with van der Waals surface area (Å²) >= 11 is 0. The van der Waals surface area contributed by atoms with Crippen LogP contribution < -0.4 is 5.32 Å². The molecule has 0 atom stereocenters. The second-order valence-electron chi connectivity index (χ2n) is 3.77. The monoisotopic (exact) mass is 221 g/mol. The van der Waals surface area contributed by atoms with Crippen molar-refractivity contribution in [3.8, 4) is 0 Å². The van der Waals surface area contributed by atoms with E-state index < -0.39 is 11.9 Å². The maximum atomic E-state index is 11.3. The van der Waals surface area contributed by atoms with E-state index in [1.165, 1.54) is 0 Å². The molecular formula is C12H15NO3. The van der Waals surface area contributed by atoms with Gasteiger partial charge < -0.3 is 10.1 Å². The third-order valence-corrected chi connectivity index (χ3v) is 1.84. The summed E-state index contributed by atoms with van der Waals surface area (Å²) in [6, 6.07) is 7.17. The van der Waals surface area contributed by atoms with Crippen LogP contribution in [0, 0.1) is 6.92 Å². The van der Waals surface area contributed by atoms with Crippen molar-refractivity contribution in [2.75, 3.05) is 5.32 Å². The molecule has 0 unspecified atom stereocenters. The lowest BCUT2D eigenvalue weighted by Gasteiger charge is -2.08. The van der Waals surface area contributed by atoms with Crippen LogP contribution in [0.5, 0.6) is 0 Å². The Balaban J connectivity index is 2.57. The molecule has 0 saturated carbocycles. The van der Waals surface area contributed by atoms with E-state index in [1.54, 1.807) is 26.0 Å². The van der Waals surface area contributed by atoms with Gasteiger partial charge in [-0.2, -0.15) is 0 Å². The Morgan fingerprint density at radius 2 is 1.75 bits per heavy atom. The lowest BCUT2D eigenvalue weighted by Crippen LogP contribution is -2.27. The van der Waals surface area contributed by atoms with Crippen molar-refractivity contribution >= 4 is 17.6 Å². The first-order valence-corrected chi connectivity index (χ1v) is 5.07. The van der Waals surface area contributed by atoms with E-state index in [9.17, 15) is 9.59 Å². The van der Waals surface area contributed by atoms with Gasteiger partial charge in [0.25, 0.3) is 0 Å². The first kappa shape index (κ1) is 12.2. The zero-order valence-corrected chi connectivity index (χ0v) is 9.61. The molecule has 0 aliphatic rings. The Morgan fingerprint density at radius 1 is 1.19 bits per heavy atom. The molecule has 1 aromatic rings. The summed E-state index contributed by atoms with van der Waals surface area (Å²) in [6.07, 6.45) is -0.295. The van der Waals surface area contributed by atoms with E-state index in [4.69, 9.17) is 4.74 Å². The van der Waals surface area contributed by atoms with Gasteiger partial charge >= 0.3 is 11.9 Å². The molecule has 86 valence electrons. The summed E-state index contributed by atoms with van der Waals surface area (Å²) in [7, 11) is 0. The first-order valence-electron chi connectivity index (χ1n) is 5.07. The molecule has 0 fully saturated rings. The summed E-state index contributed by atoms with van der Waals surface area (Å²) < 4.78 is 4.76. The van der Waals surface area contributed by atoms with Gasteiger partial charge in [-0.1, -0.05) is 17.7 Å². The molecule has 0 saturated heterocycles. The van der Waals surface area contributed by atoms with Gasteiger partial charge in [-0.3, -0.25) is 4.79 Å². The van der Waals surface area contributed by atoms with Crippen LogP contribution in [0.3, 0.4) is 0 Å². The number of hydrogen-bond donors (Lipinski definition) is 1. The number of carbonyl (C=O) groups excluding carboxylic acids is 2. The molecular weight excluding hydrogens is 206 g/mol. The van der Waals surface area contributed by atoms with Crippen LogP contribution in [-0.2, 0) is 14.3 Å². The second kappa shape index (κ2) is 5.30. The minimum absolute atomic E-state index is 0.295. The predicted molar refractivity (Wildman–Crippen MR) is 61.0 cm³/mol. The Labute approximate surface area is 94.6 Å². The quantitative estimate of drug-likeness (QED) is 0.612. The molecule has 1 amide bonds. The number of ether oxygens (including phenoxy) is 1. The molecule has 0 aliphatic carbocycles. The average Bonchev–Trinajstić information content (AvgIpc) is 2.20.